The maximum atomic E-state index is 9.47. The summed E-state index contributed by atoms with van der Waals surface area (Å²) in [6, 6.07) is 0. The monoisotopic (exact) mass is 180 g/mol. The van der Waals surface area contributed by atoms with Gasteiger partial charge in [-0.05, 0) is 56.8 Å². The molecule has 74 valence electrons. The molecule has 2 fully saturated rings. The molecule has 1 heteroatoms. The molecule has 1 N–H and O–H groups in total. The van der Waals surface area contributed by atoms with Crippen LogP contribution in [-0.4, -0.2) is 11.2 Å². The van der Waals surface area contributed by atoms with E-state index in [1.165, 1.54) is 44.1 Å². The third-order valence-corrected chi connectivity index (χ3v) is 3.83. The highest BCUT2D eigenvalue weighted by atomic mass is 16.3. The molecule has 0 saturated heterocycles. The summed E-state index contributed by atoms with van der Waals surface area (Å²) in [4.78, 5) is 0. The van der Waals surface area contributed by atoms with E-state index >= 15 is 0 Å². The first-order valence-corrected chi connectivity index (χ1v) is 5.60. The van der Waals surface area contributed by atoms with Crippen LogP contribution < -0.4 is 0 Å². The Morgan fingerprint density at radius 3 is 2.31 bits per heavy atom. The zero-order valence-corrected chi connectivity index (χ0v) is 8.34. The van der Waals surface area contributed by atoms with Gasteiger partial charge in [0.05, 0.1) is 6.10 Å². The number of hydrogen-bond donors (Lipinski definition) is 1. The molecule has 0 radical (unpaired) electrons. The van der Waals surface area contributed by atoms with E-state index in [1.807, 2.05) is 0 Å². The SMILES string of the molecule is C=C1CCC(CC2CCC2O)CC1. The van der Waals surface area contributed by atoms with Crippen LogP contribution in [0.2, 0.25) is 0 Å². The Bertz CT molecular complexity index is 187. The lowest BCUT2D eigenvalue weighted by Gasteiger charge is -2.36. The fourth-order valence-electron chi connectivity index (χ4n) is 2.58. The molecular formula is C12H20O. The van der Waals surface area contributed by atoms with Crippen LogP contribution in [0.3, 0.4) is 0 Å². The summed E-state index contributed by atoms with van der Waals surface area (Å²) in [6.07, 6.45) is 8.72. The molecule has 2 aliphatic rings. The van der Waals surface area contributed by atoms with Crippen LogP contribution in [-0.2, 0) is 0 Å². The van der Waals surface area contributed by atoms with Crippen LogP contribution in [0.5, 0.6) is 0 Å². The van der Waals surface area contributed by atoms with Crippen LogP contribution in [0.1, 0.15) is 44.9 Å². The van der Waals surface area contributed by atoms with Crippen molar-refractivity contribution in [1.82, 2.24) is 0 Å². The van der Waals surface area contributed by atoms with E-state index < -0.39 is 0 Å². The van der Waals surface area contributed by atoms with E-state index in [0.29, 0.717) is 5.92 Å². The molecule has 2 unspecified atom stereocenters. The predicted octanol–water partition coefficient (Wildman–Crippen LogP) is 2.89. The zero-order chi connectivity index (χ0) is 9.26. The van der Waals surface area contributed by atoms with Crippen molar-refractivity contribution in [3.8, 4) is 0 Å². The molecule has 1 nitrogen and oxygen atoms in total. The van der Waals surface area contributed by atoms with Gasteiger partial charge in [-0.15, -0.1) is 0 Å². The molecule has 0 aromatic heterocycles. The first-order chi connectivity index (χ1) is 6.25. The highest BCUT2D eigenvalue weighted by molar-refractivity contribution is 4.99. The third-order valence-electron chi connectivity index (χ3n) is 3.83. The van der Waals surface area contributed by atoms with Gasteiger partial charge in [0, 0.05) is 0 Å². The van der Waals surface area contributed by atoms with Crippen molar-refractivity contribution in [2.24, 2.45) is 11.8 Å². The Balaban J connectivity index is 1.73. The highest BCUT2D eigenvalue weighted by Gasteiger charge is 2.31. The second-order valence-corrected chi connectivity index (χ2v) is 4.83. The molecule has 0 aromatic carbocycles. The van der Waals surface area contributed by atoms with Gasteiger partial charge in [0.2, 0.25) is 0 Å². The fraction of sp³-hybridized carbons (Fsp3) is 0.833. The van der Waals surface area contributed by atoms with Crippen LogP contribution in [0.4, 0.5) is 0 Å². The smallest absolute Gasteiger partial charge is 0.0568 e. The molecule has 0 amide bonds. The minimum atomic E-state index is 0.0325. The summed E-state index contributed by atoms with van der Waals surface area (Å²) in [5.74, 6) is 1.52. The van der Waals surface area contributed by atoms with Crippen LogP contribution in [0, 0.1) is 11.8 Å². The Morgan fingerprint density at radius 2 is 1.85 bits per heavy atom. The molecule has 0 aliphatic heterocycles. The average Bonchev–Trinajstić information content (AvgIpc) is 2.15. The van der Waals surface area contributed by atoms with Crippen molar-refractivity contribution in [2.75, 3.05) is 0 Å². The van der Waals surface area contributed by atoms with Gasteiger partial charge in [0.1, 0.15) is 0 Å². The summed E-state index contributed by atoms with van der Waals surface area (Å²) in [5.41, 5.74) is 1.44. The molecule has 0 heterocycles. The summed E-state index contributed by atoms with van der Waals surface area (Å²) in [6.45, 7) is 4.03. The lowest BCUT2D eigenvalue weighted by Crippen LogP contribution is -2.33. The molecule has 13 heavy (non-hydrogen) atoms. The zero-order valence-electron chi connectivity index (χ0n) is 8.34. The summed E-state index contributed by atoms with van der Waals surface area (Å²) < 4.78 is 0. The minimum Gasteiger partial charge on any atom is -0.393 e. The Kier molecular flexibility index (Phi) is 2.73. The summed E-state index contributed by atoms with van der Waals surface area (Å²) in [5, 5.41) is 9.47. The van der Waals surface area contributed by atoms with Gasteiger partial charge < -0.3 is 5.11 Å². The van der Waals surface area contributed by atoms with Gasteiger partial charge in [-0.3, -0.25) is 0 Å². The van der Waals surface area contributed by atoms with Crippen molar-refractivity contribution in [3.05, 3.63) is 12.2 Å². The lowest BCUT2D eigenvalue weighted by atomic mass is 9.72. The van der Waals surface area contributed by atoms with Crippen LogP contribution in [0.25, 0.3) is 0 Å². The quantitative estimate of drug-likeness (QED) is 0.648. The van der Waals surface area contributed by atoms with Gasteiger partial charge in [0.25, 0.3) is 0 Å². The van der Waals surface area contributed by atoms with E-state index in [1.54, 1.807) is 0 Å². The summed E-state index contributed by atoms with van der Waals surface area (Å²) in [7, 11) is 0. The Morgan fingerprint density at radius 1 is 1.15 bits per heavy atom. The standard InChI is InChI=1S/C12H20O/c1-9-2-4-10(5-3-9)8-11-6-7-12(11)13/h10-13H,1-8H2. The van der Waals surface area contributed by atoms with Gasteiger partial charge in [-0.25, -0.2) is 0 Å². The normalized spacial score (nSPS) is 35.9. The molecule has 0 aromatic rings. The number of aliphatic hydroxyl groups is 1. The molecule has 2 aliphatic carbocycles. The predicted molar refractivity (Wildman–Crippen MR) is 54.4 cm³/mol. The second-order valence-electron chi connectivity index (χ2n) is 4.83. The van der Waals surface area contributed by atoms with E-state index in [4.69, 9.17) is 0 Å². The van der Waals surface area contributed by atoms with E-state index in [2.05, 4.69) is 6.58 Å². The van der Waals surface area contributed by atoms with E-state index in [0.717, 1.165) is 12.3 Å². The minimum absolute atomic E-state index is 0.0325. The Labute approximate surface area is 80.8 Å². The van der Waals surface area contributed by atoms with E-state index in [9.17, 15) is 5.11 Å². The fourth-order valence-corrected chi connectivity index (χ4v) is 2.58. The van der Waals surface area contributed by atoms with E-state index in [-0.39, 0.29) is 6.10 Å². The maximum Gasteiger partial charge on any atom is 0.0568 e. The third kappa shape index (κ3) is 2.14. The number of rotatable bonds is 2. The van der Waals surface area contributed by atoms with Gasteiger partial charge in [-0.2, -0.15) is 0 Å². The number of aliphatic hydroxyl groups excluding tert-OH is 1. The van der Waals surface area contributed by atoms with Gasteiger partial charge in [0.15, 0.2) is 0 Å². The lowest BCUT2D eigenvalue weighted by molar-refractivity contribution is 0.00834. The van der Waals surface area contributed by atoms with Crippen molar-refractivity contribution in [1.29, 1.82) is 0 Å². The Hall–Kier alpha value is -0.300. The molecule has 2 atom stereocenters. The molecule has 2 saturated carbocycles. The van der Waals surface area contributed by atoms with Gasteiger partial charge >= 0.3 is 0 Å². The van der Waals surface area contributed by atoms with Crippen molar-refractivity contribution >= 4 is 0 Å². The second kappa shape index (κ2) is 3.83. The average molecular weight is 180 g/mol. The molecule has 0 bridgehead atoms. The first-order valence-electron chi connectivity index (χ1n) is 5.60. The van der Waals surface area contributed by atoms with Crippen molar-refractivity contribution in [2.45, 2.75) is 51.0 Å². The first kappa shape index (κ1) is 9.26. The highest BCUT2D eigenvalue weighted by Crippen LogP contribution is 2.38. The maximum absolute atomic E-state index is 9.47. The summed E-state index contributed by atoms with van der Waals surface area (Å²) >= 11 is 0. The van der Waals surface area contributed by atoms with Gasteiger partial charge in [-0.1, -0.05) is 12.2 Å². The van der Waals surface area contributed by atoms with Crippen LogP contribution in [0.15, 0.2) is 12.2 Å². The molecular weight excluding hydrogens is 160 g/mol. The largest absolute Gasteiger partial charge is 0.393 e. The number of allylic oxidation sites excluding steroid dienone is 1. The molecule has 0 spiro atoms. The van der Waals surface area contributed by atoms with Crippen molar-refractivity contribution in [3.63, 3.8) is 0 Å². The molecule has 2 rings (SSSR count). The van der Waals surface area contributed by atoms with Crippen LogP contribution >= 0.6 is 0 Å². The topological polar surface area (TPSA) is 20.2 Å². The van der Waals surface area contributed by atoms with Crippen molar-refractivity contribution < 1.29 is 5.11 Å². The number of hydrogen-bond acceptors (Lipinski definition) is 1.